The van der Waals surface area contributed by atoms with E-state index < -0.39 is 26.9 Å². The van der Waals surface area contributed by atoms with E-state index in [0.717, 1.165) is 0 Å². The van der Waals surface area contributed by atoms with E-state index in [-0.39, 0.29) is 10.6 Å². The molecule has 20 heavy (non-hydrogen) atoms. The average molecular weight is 323 g/mol. The third-order valence-corrected chi connectivity index (χ3v) is 4.60. The molecule has 1 heterocycles. The van der Waals surface area contributed by atoms with Crippen molar-refractivity contribution in [2.24, 2.45) is 5.41 Å². The van der Waals surface area contributed by atoms with E-state index in [1.54, 1.807) is 0 Å². The zero-order valence-corrected chi connectivity index (χ0v) is 14.6. The Kier molecular flexibility index (Phi) is 5.27. The Balaban J connectivity index is 3.36. The Labute approximate surface area is 125 Å². The first-order valence-electron chi connectivity index (χ1n) is 6.48. The van der Waals surface area contributed by atoms with Crippen molar-refractivity contribution in [1.82, 2.24) is 9.97 Å². The molecule has 1 rings (SSSR count). The lowest BCUT2D eigenvalue weighted by Crippen LogP contribution is -2.43. The summed E-state index contributed by atoms with van der Waals surface area (Å²) in [5.41, 5.74) is -0.438. The van der Waals surface area contributed by atoms with Crippen molar-refractivity contribution < 1.29 is 13.2 Å². The van der Waals surface area contributed by atoms with Crippen LogP contribution in [0, 0.1) is 5.41 Å². The fourth-order valence-electron chi connectivity index (χ4n) is 1.91. The second kappa shape index (κ2) is 6.03. The maximum absolute atomic E-state index is 12.6. The Morgan fingerprint density at radius 1 is 1.25 bits per heavy atom. The molecule has 7 heteroatoms. The second-order valence-corrected chi connectivity index (χ2v) is 8.87. The van der Waals surface area contributed by atoms with Gasteiger partial charge in [0.2, 0.25) is 0 Å². The van der Waals surface area contributed by atoms with Crippen molar-refractivity contribution in [2.75, 3.05) is 0 Å². The summed E-state index contributed by atoms with van der Waals surface area (Å²) in [6.45, 7) is 12.1. The first-order chi connectivity index (χ1) is 8.99. The van der Waals surface area contributed by atoms with Gasteiger partial charge in [-0.05, 0) is 25.4 Å². The van der Waals surface area contributed by atoms with Crippen LogP contribution in [-0.2, 0) is 10.0 Å². The van der Waals surface area contributed by atoms with Crippen LogP contribution in [-0.4, -0.2) is 19.0 Å². The molecule has 114 valence electrons. The van der Waals surface area contributed by atoms with Crippen molar-refractivity contribution in [3.8, 4) is 0 Å². The molecule has 0 aliphatic heterocycles. The maximum atomic E-state index is 12.6. The highest BCUT2D eigenvalue weighted by molar-refractivity contribution is 6.48. The lowest BCUT2D eigenvalue weighted by Gasteiger charge is -2.43. The highest BCUT2D eigenvalue weighted by Gasteiger charge is 2.43. The Hall–Kier alpha value is -0.593. The summed E-state index contributed by atoms with van der Waals surface area (Å²) in [6.07, 6.45) is -1.37. The maximum Gasteiger partial charge on any atom is 0.297 e. The minimum Gasteiger partial charge on any atom is -0.411 e. The molecule has 0 aromatic carbocycles. The number of hydrogen-bond acceptors (Lipinski definition) is 3. The Bertz CT molecular complexity index is 480. The van der Waals surface area contributed by atoms with Crippen LogP contribution in [0.25, 0.3) is 0 Å². The summed E-state index contributed by atoms with van der Waals surface area (Å²) in [4.78, 5) is 7.42. The number of aromatic nitrogens is 2. The quantitative estimate of drug-likeness (QED) is 0.611. The molecule has 0 aliphatic rings. The van der Waals surface area contributed by atoms with Crippen LogP contribution >= 0.6 is 11.6 Å². The van der Waals surface area contributed by atoms with E-state index in [9.17, 15) is 8.78 Å². The number of halogens is 3. The Morgan fingerprint density at radius 3 is 2.15 bits per heavy atom. The molecule has 0 aliphatic carbocycles. The molecule has 1 unspecified atom stereocenters. The molecule has 0 bridgehead atoms. The third kappa shape index (κ3) is 3.54. The van der Waals surface area contributed by atoms with Gasteiger partial charge in [0.05, 0.1) is 5.60 Å². The molecular weight excluding hydrogens is 302 g/mol. The first kappa shape index (κ1) is 17.5. The summed E-state index contributed by atoms with van der Waals surface area (Å²) in [6, 6.07) is 0. The predicted molar refractivity (Wildman–Crippen MR) is 78.8 cm³/mol. The zero-order valence-electron chi connectivity index (χ0n) is 12.7. The molecule has 1 atom stereocenters. The zero-order chi connectivity index (χ0) is 15.7. The summed E-state index contributed by atoms with van der Waals surface area (Å²) in [5.74, 6) is -0.559. The molecule has 0 spiro atoms. The molecule has 3 nitrogen and oxygen atoms in total. The number of nitrogens with zero attached hydrogens (tertiary/aromatic N) is 2. The van der Waals surface area contributed by atoms with Crippen molar-refractivity contribution >= 4 is 20.6 Å². The summed E-state index contributed by atoms with van der Waals surface area (Å²) in [7, 11) is -1.38. The topological polar surface area (TPSA) is 35.0 Å². The fraction of sp³-hybridized carbons (Fsp3) is 0.692. The molecule has 0 saturated carbocycles. The lowest BCUT2D eigenvalue weighted by molar-refractivity contribution is -0.0243. The standard InChI is InChI=1S/C13H21ClF2N2OSi/c1-12(2,3)13(4,19-20(5)6)8-7-17-11(10(15)16)18-9(8)14/h7,10,20H,1-6H3. The van der Waals surface area contributed by atoms with Crippen molar-refractivity contribution in [3.05, 3.63) is 22.7 Å². The van der Waals surface area contributed by atoms with Gasteiger partial charge in [-0.3, -0.25) is 0 Å². The van der Waals surface area contributed by atoms with Crippen LogP contribution in [0.2, 0.25) is 18.2 Å². The van der Waals surface area contributed by atoms with Gasteiger partial charge in [0.25, 0.3) is 6.43 Å². The monoisotopic (exact) mass is 322 g/mol. The molecule has 0 radical (unpaired) electrons. The van der Waals surface area contributed by atoms with Crippen LogP contribution in [0.4, 0.5) is 8.78 Å². The van der Waals surface area contributed by atoms with Crippen molar-refractivity contribution in [3.63, 3.8) is 0 Å². The number of alkyl halides is 2. The highest BCUT2D eigenvalue weighted by atomic mass is 35.5. The number of rotatable bonds is 4. The largest absolute Gasteiger partial charge is 0.411 e. The van der Waals surface area contributed by atoms with Gasteiger partial charge in [-0.2, -0.15) is 0 Å². The van der Waals surface area contributed by atoms with Gasteiger partial charge in [0.1, 0.15) is 5.15 Å². The molecule has 0 fully saturated rings. The van der Waals surface area contributed by atoms with E-state index in [4.69, 9.17) is 16.0 Å². The third-order valence-electron chi connectivity index (χ3n) is 3.37. The highest BCUT2D eigenvalue weighted by Crippen LogP contribution is 2.44. The first-order valence-corrected chi connectivity index (χ1v) is 9.64. The van der Waals surface area contributed by atoms with Crippen molar-refractivity contribution in [2.45, 2.75) is 52.8 Å². The normalized spacial score (nSPS) is 15.8. The van der Waals surface area contributed by atoms with Gasteiger partial charge >= 0.3 is 0 Å². The van der Waals surface area contributed by atoms with Crippen LogP contribution < -0.4 is 0 Å². The minimum absolute atomic E-state index is 0.0300. The van der Waals surface area contributed by atoms with Gasteiger partial charge in [-0.1, -0.05) is 32.4 Å². The number of hydrogen-bond donors (Lipinski definition) is 0. The van der Waals surface area contributed by atoms with Crippen LogP contribution in [0.3, 0.4) is 0 Å². The molecular formula is C13H21ClF2N2OSi. The summed E-state index contributed by atoms with van der Waals surface area (Å²) in [5, 5.41) is 0.0300. The molecule has 0 saturated heterocycles. The van der Waals surface area contributed by atoms with Crippen LogP contribution in [0.5, 0.6) is 0 Å². The van der Waals surface area contributed by atoms with E-state index in [1.165, 1.54) is 6.20 Å². The molecule has 0 N–H and O–H groups in total. The average Bonchev–Trinajstić information content (AvgIpc) is 2.25. The van der Waals surface area contributed by atoms with E-state index in [0.29, 0.717) is 5.56 Å². The molecule has 1 aromatic rings. The lowest BCUT2D eigenvalue weighted by atomic mass is 9.74. The van der Waals surface area contributed by atoms with Gasteiger partial charge in [-0.25, -0.2) is 18.7 Å². The van der Waals surface area contributed by atoms with E-state index >= 15 is 0 Å². The SMILES string of the molecule is C[SiH](C)OC(C)(c1cnc(C(F)F)nc1Cl)C(C)(C)C. The van der Waals surface area contributed by atoms with Gasteiger partial charge in [0, 0.05) is 11.8 Å². The molecule has 0 amide bonds. The minimum atomic E-state index is -2.73. The Morgan fingerprint density at radius 2 is 1.80 bits per heavy atom. The van der Waals surface area contributed by atoms with Gasteiger partial charge < -0.3 is 4.43 Å². The summed E-state index contributed by atoms with van der Waals surface area (Å²) < 4.78 is 31.4. The van der Waals surface area contributed by atoms with Gasteiger partial charge in [-0.15, -0.1) is 0 Å². The predicted octanol–water partition coefficient (Wildman–Crippen LogP) is 4.33. The second-order valence-electron chi connectivity index (χ2n) is 6.18. The molecule has 1 aromatic heterocycles. The fourth-order valence-corrected chi connectivity index (χ4v) is 3.65. The smallest absolute Gasteiger partial charge is 0.297 e. The van der Waals surface area contributed by atoms with Gasteiger partial charge in [0.15, 0.2) is 14.9 Å². The van der Waals surface area contributed by atoms with Crippen LogP contribution in [0.15, 0.2) is 6.20 Å². The van der Waals surface area contributed by atoms with Crippen LogP contribution in [0.1, 0.15) is 45.5 Å². The van der Waals surface area contributed by atoms with Crippen molar-refractivity contribution in [1.29, 1.82) is 0 Å². The van der Waals surface area contributed by atoms with E-state index in [1.807, 2.05) is 40.8 Å². The summed E-state index contributed by atoms with van der Waals surface area (Å²) >= 11 is 6.10. The van der Waals surface area contributed by atoms with E-state index in [2.05, 4.69) is 9.97 Å².